The summed E-state index contributed by atoms with van der Waals surface area (Å²) in [7, 11) is 0. The maximum atomic E-state index is 6.62. The number of halogens is 1. The Labute approximate surface area is 253 Å². The molecular formula is C35H38ClN3O3. The van der Waals surface area contributed by atoms with Gasteiger partial charge >= 0.3 is 0 Å². The first kappa shape index (κ1) is 29.8. The van der Waals surface area contributed by atoms with Crippen LogP contribution in [0.4, 0.5) is 11.4 Å². The van der Waals surface area contributed by atoms with E-state index in [1.807, 2.05) is 73.7 Å². The molecule has 3 unspecified atom stereocenters. The van der Waals surface area contributed by atoms with Gasteiger partial charge in [-0.2, -0.15) is 0 Å². The van der Waals surface area contributed by atoms with Crippen LogP contribution in [0.15, 0.2) is 102 Å². The van der Waals surface area contributed by atoms with E-state index in [2.05, 4.69) is 35.3 Å². The van der Waals surface area contributed by atoms with Gasteiger partial charge in [-0.05, 0) is 52.9 Å². The van der Waals surface area contributed by atoms with Crippen molar-refractivity contribution in [1.82, 2.24) is 0 Å². The van der Waals surface area contributed by atoms with Crippen molar-refractivity contribution in [2.75, 3.05) is 12.3 Å². The molecule has 0 aromatic heterocycles. The number of hydrogen-bond donors (Lipinski definition) is 2. The van der Waals surface area contributed by atoms with Crippen LogP contribution in [0.2, 0.25) is 5.02 Å². The Balaban J connectivity index is 1.30. The lowest BCUT2D eigenvalue weighted by molar-refractivity contribution is -0.142. The summed E-state index contributed by atoms with van der Waals surface area (Å²) in [5.74, 6) is 0.436. The summed E-state index contributed by atoms with van der Waals surface area (Å²) >= 11 is 6.62. The molecule has 4 aromatic rings. The molecule has 1 heterocycles. The van der Waals surface area contributed by atoms with Crippen molar-refractivity contribution in [3.8, 4) is 0 Å². The second-order valence-corrected chi connectivity index (χ2v) is 11.2. The molecule has 1 saturated heterocycles. The molecule has 0 saturated carbocycles. The number of nitrogens with zero attached hydrogens (tertiary/aromatic N) is 1. The monoisotopic (exact) mass is 583 g/mol. The highest BCUT2D eigenvalue weighted by Crippen LogP contribution is 2.35. The Hall–Kier alpha value is -3.68. The first-order chi connectivity index (χ1) is 20.4. The van der Waals surface area contributed by atoms with Crippen molar-refractivity contribution < 1.29 is 14.2 Å². The molecule has 4 N–H and O–H groups in total. The van der Waals surface area contributed by atoms with E-state index in [9.17, 15) is 0 Å². The summed E-state index contributed by atoms with van der Waals surface area (Å²) in [5.41, 5.74) is 19.0. The molecule has 4 aromatic carbocycles. The summed E-state index contributed by atoms with van der Waals surface area (Å²) in [6, 6.07) is 32.1. The van der Waals surface area contributed by atoms with Crippen molar-refractivity contribution >= 4 is 28.8 Å². The van der Waals surface area contributed by atoms with Gasteiger partial charge in [0.25, 0.3) is 0 Å². The zero-order chi connectivity index (χ0) is 29.3. The van der Waals surface area contributed by atoms with Crippen LogP contribution in [0, 0.1) is 6.92 Å². The van der Waals surface area contributed by atoms with Crippen LogP contribution in [0.1, 0.15) is 46.8 Å². The van der Waals surface area contributed by atoms with Crippen molar-refractivity contribution in [1.29, 1.82) is 0 Å². The van der Waals surface area contributed by atoms with Gasteiger partial charge in [-0.15, -0.1) is 0 Å². The van der Waals surface area contributed by atoms with Gasteiger partial charge in [0.1, 0.15) is 5.84 Å². The first-order valence-electron chi connectivity index (χ1n) is 14.3. The molecular weight excluding hydrogens is 546 g/mol. The Bertz CT molecular complexity index is 1480. The van der Waals surface area contributed by atoms with E-state index in [4.69, 9.17) is 37.3 Å². The SMILES string of the molecule is Cc1ccc(N=C(N)Cc2cc(C3CC(OCc4ccccc4)CC(COCc4ccccc4)O3)ccc2Cl)c(N)c1. The van der Waals surface area contributed by atoms with E-state index in [0.29, 0.717) is 48.5 Å². The molecule has 1 aliphatic rings. The Morgan fingerprint density at radius 3 is 2.33 bits per heavy atom. The lowest BCUT2D eigenvalue weighted by Crippen LogP contribution is -2.35. The topological polar surface area (TPSA) is 92.1 Å². The maximum absolute atomic E-state index is 6.62. The van der Waals surface area contributed by atoms with Gasteiger partial charge in [0.05, 0.1) is 49.5 Å². The third-order valence-corrected chi connectivity index (χ3v) is 7.73. The van der Waals surface area contributed by atoms with Crippen LogP contribution >= 0.6 is 11.6 Å². The third-order valence-electron chi connectivity index (χ3n) is 7.36. The van der Waals surface area contributed by atoms with Gasteiger partial charge in [0.15, 0.2) is 0 Å². The van der Waals surface area contributed by atoms with Crippen LogP contribution in [0.5, 0.6) is 0 Å². The highest BCUT2D eigenvalue weighted by Gasteiger charge is 2.31. The predicted octanol–water partition coefficient (Wildman–Crippen LogP) is 7.48. The van der Waals surface area contributed by atoms with E-state index in [1.165, 1.54) is 0 Å². The van der Waals surface area contributed by atoms with Gasteiger partial charge in [0.2, 0.25) is 0 Å². The molecule has 0 aliphatic carbocycles. The molecule has 0 bridgehead atoms. The summed E-state index contributed by atoms with van der Waals surface area (Å²) < 4.78 is 19.1. The van der Waals surface area contributed by atoms with Crippen LogP contribution in [-0.2, 0) is 33.8 Å². The molecule has 1 fully saturated rings. The number of aryl methyl sites for hydroxylation is 1. The standard InChI is InChI=1S/C35H38ClN3O3/c1-24-12-15-33(32(37)16-24)39-35(38)18-28-17-27(13-14-31(28)36)34-20-29(41-22-26-10-6-3-7-11-26)19-30(42-34)23-40-21-25-8-4-2-5-9-25/h2-17,29-30,34H,18-23,37H2,1H3,(H2,38,39). The van der Waals surface area contributed by atoms with Crippen molar-refractivity contribution in [3.05, 3.63) is 130 Å². The van der Waals surface area contributed by atoms with Crippen LogP contribution < -0.4 is 11.5 Å². The normalized spacial score (nSPS) is 19.1. The Morgan fingerprint density at radius 1 is 0.905 bits per heavy atom. The number of nitrogen functional groups attached to an aromatic ring is 1. The molecule has 42 heavy (non-hydrogen) atoms. The summed E-state index contributed by atoms with van der Waals surface area (Å²) in [4.78, 5) is 4.56. The number of hydrogen-bond acceptors (Lipinski definition) is 5. The Morgan fingerprint density at radius 2 is 1.62 bits per heavy atom. The molecule has 1 aliphatic heterocycles. The zero-order valence-electron chi connectivity index (χ0n) is 23.9. The van der Waals surface area contributed by atoms with Gasteiger partial charge in [0, 0.05) is 24.3 Å². The van der Waals surface area contributed by atoms with Crippen LogP contribution in [-0.4, -0.2) is 24.7 Å². The van der Waals surface area contributed by atoms with Crippen LogP contribution in [0.25, 0.3) is 0 Å². The van der Waals surface area contributed by atoms with E-state index in [0.717, 1.165) is 40.7 Å². The smallest absolute Gasteiger partial charge is 0.104 e. The van der Waals surface area contributed by atoms with Crippen molar-refractivity contribution in [3.63, 3.8) is 0 Å². The predicted molar refractivity (Wildman–Crippen MR) is 170 cm³/mol. The summed E-state index contributed by atoms with van der Waals surface area (Å²) in [6.07, 6.45) is 1.62. The number of rotatable bonds is 11. The van der Waals surface area contributed by atoms with E-state index in [1.54, 1.807) is 0 Å². The quantitative estimate of drug-likeness (QED) is 0.108. The number of anilines is 1. The van der Waals surface area contributed by atoms with Gasteiger partial charge in [-0.3, -0.25) is 0 Å². The average Bonchev–Trinajstić information content (AvgIpc) is 3.00. The molecule has 0 spiro atoms. The molecule has 0 radical (unpaired) electrons. The lowest BCUT2D eigenvalue weighted by atomic mass is 9.94. The second-order valence-electron chi connectivity index (χ2n) is 10.8. The molecule has 3 atom stereocenters. The number of amidine groups is 1. The first-order valence-corrected chi connectivity index (χ1v) is 14.7. The summed E-state index contributed by atoms with van der Waals surface area (Å²) in [6.45, 7) is 3.56. The van der Waals surface area contributed by atoms with Gasteiger partial charge < -0.3 is 25.7 Å². The minimum Gasteiger partial charge on any atom is -0.397 e. The number of benzene rings is 4. The van der Waals surface area contributed by atoms with Gasteiger partial charge in [-0.25, -0.2) is 4.99 Å². The summed E-state index contributed by atoms with van der Waals surface area (Å²) in [5, 5.41) is 0.629. The van der Waals surface area contributed by atoms with Crippen molar-refractivity contribution in [2.45, 2.75) is 57.7 Å². The molecule has 5 rings (SSSR count). The molecule has 218 valence electrons. The second kappa shape index (κ2) is 14.5. The highest BCUT2D eigenvalue weighted by atomic mass is 35.5. The number of nitrogens with two attached hydrogens (primary N) is 2. The van der Waals surface area contributed by atoms with Crippen LogP contribution in [0.3, 0.4) is 0 Å². The maximum Gasteiger partial charge on any atom is 0.104 e. The third kappa shape index (κ3) is 8.43. The molecule has 0 amide bonds. The number of ether oxygens (including phenoxy) is 3. The minimum absolute atomic E-state index is 0.0181. The average molecular weight is 584 g/mol. The largest absolute Gasteiger partial charge is 0.397 e. The number of aliphatic imine (C=N–C) groups is 1. The van der Waals surface area contributed by atoms with E-state index >= 15 is 0 Å². The lowest BCUT2D eigenvalue weighted by Gasteiger charge is -2.36. The van der Waals surface area contributed by atoms with E-state index < -0.39 is 0 Å². The molecule has 6 nitrogen and oxygen atoms in total. The molecule has 7 heteroatoms. The van der Waals surface area contributed by atoms with E-state index in [-0.39, 0.29) is 18.3 Å². The Kier molecular flexibility index (Phi) is 10.3. The minimum atomic E-state index is -0.174. The van der Waals surface area contributed by atoms with Gasteiger partial charge in [-0.1, -0.05) is 90.5 Å². The fraction of sp³-hybridized carbons (Fsp3) is 0.286. The fourth-order valence-corrected chi connectivity index (χ4v) is 5.38. The highest BCUT2D eigenvalue weighted by molar-refractivity contribution is 6.31. The fourth-order valence-electron chi connectivity index (χ4n) is 5.20. The zero-order valence-corrected chi connectivity index (χ0v) is 24.7. The van der Waals surface area contributed by atoms with Crippen molar-refractivity contribution in [2.24, 2.45) is 10.7 Å².